The first-order valence-electron chi connectivity index (χ1n) is 7.64. The second-order valence-corrected chi connectivity index (χ2v) is 5.50. The van der Waals surface area contributed by atoms with E-state index in [0.717, 1.165) is 18.0 Å². The first-order chi connectivity index (χ1) is 12.5. The number of nitro groups is 1. The summed E-state index contributed by atoms with van der Waals surface area (Å²) in [4.78, 5) is 25.7. The van der Waals surface area contributed by atoms with Gasteiger partial charge in [0.15, 0.2) is 0 Å². The van der Waals surface area contributed by atoms with Crippen LogP contribution in [0, 0.1) is 10.1 Å². The Bertz CT molecular complexity index is 955. The van der Waals surface area contributed by atoms with Crippen LogP contribution >= 0.6 is 0 Å². The lowest BCUT2D eigenvalue weighted by Crippen LogP contribution is -2.17. The minimum atomic E-state index is -0.816. The summed E-state index contributed by atoms with van der Waals surface area (Å²) in [5, 5.41) is 22.0. The van der Waals surface area contributed by atoms with Crippen molar-refractivity contribution in [1.29, 1.82) is 0 Å². The van der Waals surface area contributed by atoms with Crippen LogP contribution in [0.15, 0.2) is 48.8 Å². The Morgan fingerprint density at radius 2 is 2.08 bits per heavy atom. The number of primary amides is 1. The molecule has 0 aliphatic heterocycles. The summed E-state index contributed by atoms with van der Waals surface area (Å²) >= 11 is 0. The number of aromatic nitrogens is 4. The van der Waals surface area contributed by atoms with Crippen LogP contribution in [0.5, 0.6) is 0 Å². The molecule has 10 nitrogen and oxygen atoms in total. The van der Waals surface area contributed by atoms with Crippen molar-refractivity contribution in [1.82, 2.24) is 20.0 Å². The molecule has 0 radical (unpaired) electrons. The Morgan fingerprint density at radius 3 is 2.73 bits per heavy atom. The molecule has 2 aromatic heterocycles. The smallest absolute Gasteiger partial charge is 0.288 e. The third kappa shape index (κ3) is 3.48. The van der Waals surface area contributed by atoms with Gasteiger partial charge in [0.25, 0.3) is 11.6 Å². The molecule has 0 saturated carbocycles. The van der Waals surface area contributed by atoms with E-state index >= 15 is 0 Å². The fraction of sp³-hybridized carbons (Fsp3) is 0.125. The Hall–Kier alpha value is -3.82. The number of benzene rings is 1. The molecular formula is C16H15N7O3. The SMILES string of the molecule is CC(Nc1ncc([N+](=O)[O-])cc1C(N)=O)c1cn(-c2ccccc2)nn1. The fourth-order valence-electron chi connectivity index (χ4n) is 2.32. The highest BCUT2D eigenvalue weighted by Gasteiger charge is 2.19. The van der Waals surface area contributed by atoms with E-state index in [1.54, 1.807) is 17.8 Å². The van der Waals surface area contributed by atoms with Crippen molar-refractivity contribution in [3.8, 4) is 5.69 Å². The molecule has 0 aliphatic carbocycles. The first kappa shape index (κ1) is 17.0. The van der Waals surface area contributed by atoms with Crippen LogP contribution in [0.4, 0.5) is 11.5 Å². The van der Waals surface area contributed by atoms with Crippen molar-refractivity contribution in [2.45, 2.75) is 13.0 Å². The van der Waals surface area contributed by atoms with Crippen molar-refractivity contribution in [3.63, 3.8) is 0 Å². The van der Waals surface area contributed by atoms with Gasteiger partial charge in [0, 0.05) is 6.07 Å². The largest absolute Gasteiger partial charge is 0.365 e. The van der Waals surface area contributed by atoms with Gasteiger partial charge in [-0.1, -0.05) is 23.4 Å². The van der Waals surface area contributed by atoms with E-state index in [1.165, 1.54) is 0 Å². The van der Waals surface area contributed by atoms with Crippen LogP contribution in [0.25, 0.3) is 5.69 Å². The van der Waals surface area contributed by atoms with Crippen molar-refractivity contribution in [2.24, 2.45) is 5.73 Å². The Kier molecular flexibility index (Phi) is 4.56. The fourth-order valence-corrected chi connectivity index (χ4v) is 2.32. The van der Waals surface area contributed by atoms with Gasteiger partial charge in [-0.25, -0.2) is 9.67 Å². The van der Waals surface area contributed by atoms with Crippen molar-refractivity contribution >= 4 is 17.4 Å². The first-order valence-corrected chi connectivity index (χ1v) is 7.64. The molecule has 26 heavy (non-hydrogen) atoms. The number of nitrogens with zero attached hydrogens (tertiary/aromatic N) is 5. The van der Waals surface area contributed by atoms with Crippen LogP contribution in [-0.4, -0.2) is 30.8 Å². The van der Waals surface area contributed by atoms with E-state index in [1.807, 2.05) is 30.3 Å². The number of nitrogens with one attached hydrogen (secondary N) is 1. The van der Waals surface area contributed by atoms with Crippen LogP contribution in [-0.2, 0) is 0 Å². The second-order valence-electron chi connectivity index (χ2n) is 5.50. The number of amides is 1. The maximum Gasteiger partial charge on any atom is 0.288 e. The third-order valence-electron chi connectivity index (χ3n) is 3.68. The van der Waals surface area contributed by atoms with Crippen LogP contribution in [0.2, 0.25) is 0 Å². The second kappa shape index (κ2) is 6.97. The molecule has 0 spiro atoms. The summed E-state index contributed by atoms with van der Waals surface area (Å²) < 4.78 is 1.62. The van der Waals surface area contributed by atoms with E-state index in [-0.39, 0.29) is 23.1 Å². The molecule has 0 bridgehead atoms. The number of nitrogens with two attached hydrogens (primary N) is 1. The quantitative estimate of drug-likeness (QED) is 0.508. The van der Waals surface area contributed by atoms with Crippen molar-refractivity contribution < 1.29 is 9.72 Å². The topological polar surface area (TPSA) is 142 Å². The molecule has 1 amide bonds. The molecule has 3 rings (SSSR count). The summed E-state index contributed by atoms with van der Waals surface area (Å²) in [5.74, 6) is -0.672. The predicted molar refractivity (Wildman–Crippen MR) is 92.8 cm³/mol. The maximum absolute atomic E-state index is 11.6. The van der Waals surface area contributed by atoms with Gasteiger partial charge in [0.2, 0.25) is 0 Å². The van der Waals surface area contributed by atoms with Crippen molar-refractivity contribution in [3.05, 3.63) is 70.2 Å². The number of rotatable bonds is 6. The molecule has 2 heterocycles. The summed E-state index contributed by atoms with van der Waals surface area (Å²) in [6, 6.07) is 10.2. The molecule has 1 aromatic carbocycles. The molecule has 3 aromatic rings. The summed E-state index contributed by atoms with van der Waals surface area (Å²) in [6.07, 6.45) is 2.80. The van der Waals surface area contributed by atoms with E-state index in [2.05, 4.69) is 20.6 Å². The summed E-state index contributed by atoms with van der Waals surface area (Å²) in [7, 11) is 0. The molecule has 10 heteroatoms. The predicted octanol–water partition coefficient (Wildman–Crippen LogP) is 1.84. The number of anilines is 1. The zero-order chi connectivity index (χ0) is 18.7. The number of carbonyl (C=O) groups is 1. The average Bonchev–Trinajstić information content (AvgIpc) is 3.12. The standard InChI is InChI=1S/C16H15N7O3/c1-10(14-9-22(21-20-14)11-5-3-2-4-6-11)19-16-13(15(17)24)7-12(8-18-16)23(25)26/h2-10H,1H3,(H2,17,24)(H,18,19). The van der Waals surface area contributed by atoms with Gasteiger partial charge in [-0.3, -0.25) is 14.9 Å². The molecule has 0 saturated heterocycles. The number of pyridine rings is 1. The lowest BCUT2D eigenvalue weighted by molar-refractivity contribution is -0.385. The molecule has 0 fully saturated rings. The number of para-hydroxylation sites is 1. The third-order valence-corrected chi connectivity index (χ3v) is 3.68. The molecular weight excluding hydrogens is 338 g/mol. The Labute approximate surface area is 147 Å². The van der Waals surface area contributed by atoms with Gasteiger partial charge in [-0.2, -0.15) is 0 Å². The van der Waals surface area contributed by atoms with Crippen LogP contribution in [0.3, 0.4) is 0 Å². The normalized spacial score (nSPS) is 11.7. The Morgan fingerprint density at radius 1 is 1.35 bits per heavy atom. The summed E-state index contributed by atoms with van der Waals surface area (Å²) in [6.45, 7) is 1.80. The molecule has 0 aliphatic rings. The van der Waals surface area contributed by atoms with Gasteiger partial charge >= 0.3 is 0 Å². The number of carbonyl (C=O) groups excluding carboxylic acids is 1. The van der Waals surface area contributed by atoms with Gasteiger partial charge < -0.3 is 11.1 Å². The maximum atomic E-state index is 11.6. The van der Waals surface area contributed by atoms with Gasteiger partial charge in [-0.05, 0) is 19.1 Å². The molecule has 1 atom stereocenters. The van der Waals surface area contributed by atoms with Gasteiger partial charge in [-0.15, -0.1) is 5.10 Å². The monoisotopic (exact) mass is 353 g/mol. The van der Waals surface area contributed by atoms with Gasteiger partial charge in [0.05, 0.1) is 28.4 Å². The average molecular weight is 353 g/mol. The highest BCUT2D eigenvalue weighted by Crippen LogP contribution is 2.23. The zero-order valence-electron chi connectivity index (χ0n) is 13.7. The summed E-state index contributed by atoms with van der Waals surface area (Å²) in [5.41, 5.74) is 6.38. The zero-order valence-corrected chi connectivity index (χ0v) is 13.7. The lowest BCUT2D eigenvalue weighted by atomic mass is 10.2. The lowest BCUT2D eigenvalue weighted by Gasteiger charge is -2.13. The van der Waals surface area contributed by atoms with Crippen molar-refractivity contribution in [2.75, 3.05) is 5.32 Å². The molecule has 1 unspecified atom stereocenters. The van der Waals surface area contributed by atoms with E-state index in [4.69, 9.17) is 5.73 Å². The van der Waals surface area contributed by atoms with Crippen LogP contribution in [0.1, 0.15) is 29.0 Å². The highest BCUT2D eigenvalue weighted by molar-refractivity contribution is 5.98. The van der Waals surface area contributed by atoms with E-state index in [9.17, 15) is 14.9 Å². The minimum Gasteiger partial charge on any atom is -0.365 e. The highest BCUT2D eigenvalue weighted by atomic mass is 16.6. The number of hydrogen-bond acceptors (Lipinski definition) is 7. The molecule has 3 N–H and O–H groups in total. The number of hydrogen-bond donors (Lipinski definition) is 2. The minimum absolute atomic E-state index is 0.0681. The van der Waals surface area contributed by atoms with E-state index in [0.29, 0.717) is 5.69 Å². The Balaban J connectivity index is 1.84. The molecule has 132 valence electrons. The van der Waals surface area contributed by atoms with Gasteiger partial charge in [0.1, 0.15) is 17.7 Å². The van der Waals surface area contributed by atoms with Crippen LogP contribution < -0.4 is 11.1 Å². The van der Waals surface area contributed by atoms with E-state index < -0.39 is 10.8 Å².